The van der Waals surface area contributed by atoms with Crippen molar-refractivity contribution in [2.45, 2.75) is 19.8 Å². The van der Waals surface area contributed by atoms with E-state index in [1.165, 1.54) is 6.07 Å². The lowest BCUT2D eigenvalue weighted by atomic mass is 10.0. The normalized spacial score (nSPS) is 10.5. The Labute approximate surface area is 75.7 Å². The molecule has 1 N–H and O–H groups in total. The second-order valence-corrected chi connectivity index (χ2v) is 3.16. The molecule has 0 spiro atoms. The summed E-state index contributed by atoms with van der Waals surface area (Å²) in [5.41, 5.74) is -0.470. The van der Waals surface area contributed by atoms with Crippen molar-refractivity contribution < 1.29 is 9.50 Å². The lowest BCUT2D eigenvalue weighted by molar-refractivity contribution is 0.454. The lowest BCUT2D eigenvalue weighted by Crippen LogP contribution is -2.03. The number of aromatic hydroxyl groups is 1. The van der Waals surface area contributed by atoms with Crippen molar-refractivity contribution in [3.05, 3.63) is 39.8 Å². The van der Waals surface area contributed by atoms with Crippen LogP contribution in [0.2, 0.25) is 0 Å². The van der Waals surface area contributed by atoms with Gasteiger partial charge in [0.15, 0.2) is 11.6 Å². The molecule has 0 radical (unpaired) electrons. The molecule has 1 aromatic rings. The van der Waals surface area contributed by atoms with E-state index in [1.54, 1.807) is 6.07 Å². The van der Waals surface area contributed by atoms with E-state index in [1.807, 2.05) is 13.8 Å². The fourth-order valence-corrected chi connectivity index (χ4v) is 1.10. The van der Waals surface area contributed by atoms with Crippen molar-refractivity contribution in [1.29, 1.82) is 0 Å². The predicted molar refractivity (Wildman–Crippen MR) is 48.4 cm³/mol. The average Bonchev–Trinajstić information content (AvgIpc) is 2.18. The zero-order valence-corrected chi connectivity index (χ0v) is 7.54. The molecule has 0 aliphatic heterocycles. The molecule has 0 unspecified atom stereocenters. The van der Waals surface area contributed by atoms with Crippen LogP contribution in [0.4, 0.5) is 4.39 Å². The van der Waals surface area contributed by atoms with Gasteiger partial charge >= 0.3 is 0 Å². The fraction of sp³-hybridized carbons (Fsp3) is 0.300. The van der Waals surface area contributed by atoms with Gasteiger partial charge in [-0.15, -0.1) is 0 Å². The monoisotopic (exact) mass is 182 g/mol. The zero-order valence-electron chi connectivity index (χ0n) is 7.54. The summed E-state index contributed by atoms with van der Waals surface area (Å²) in [5, 5.41) is 9.36. The van der Waals surface area contributed by atoms with Gasteiger partial charge in [-0.25, -0.2) is 4.39 Å². The van der Waals surface area contributed by atoms with Crippen LogP contribution in [0.5, 0.6) is 5.75 Å². The average molecular weight is 182 g/mol. The molecular weight excluding hydrogens is 171 g/mol. The second-order valence-electron chi connectivity index (χ2n) is 3.16. The molecule has 0 fully saturated rings. The maximum Gasteiger partial charge on any atom is 0.255 e. The highest BCUT2D eigenvalue weighted by molar-refractivity contribution is 5.33. The third-order valence-corrected chi connectivity index (χ3v) is 1.85. The van der Waals surface area contributed by atoms with Crippen LogP contribution >= 0.6 is 0 Å². The third-order valence-electron chi connectivity index (χ3n) is 1.85. The molecule has 0 saturated carbocycles. The van der Waals surface area contributed by atoms with E-state index in [-0.39, 0.29) is 5.92 Å². The first-order chi connectivity index (χ1) is 6.04. The Morgan fingerprint density at radius 2 is 2.00 bits per heavy atom. The molecule has 0 heterocycles. The molecule has 70 valence electrons. The standard InChI is InChI=1S/C10H11FO2/c1-6(2)7-4-3-5-8(11)10(13)9(7)12/h3-6H,1-2H3,(H,12,13). The molecule has 3 heteroatoms. The molecule has 0 aliphatic rings. The van der Waals surface area contributed by atoms with E-state index in [0.29, 0.717) is 5.56 Å². The van der Waals surface area contributed by atoms with Gasteiger partial charge in [0.25, 0.3) is 5.43 Å². The van der Waals surface area contributed by atoms with Crippen molar-refractivity contribution in [1.82, 2.24) is 0 Å². The molecule has 0 aliphatic carbocycles. The maximum absolute atomic E-state index is 12.8. The van der Waals surface area contributed by atoms with E-state index in [2.05, 4.69) is 0 Å². The van der Waals surface area contributed by atoms with E-state index >= 15 is 0 Å². The number of rotatable bonds is 1. The summed E-state index contributed by atoms with van der Waals surface area (Å²) in [5.74, 6) is -1.42. The second kappa shape index (κ2) is 3.56. The molecule has 0 bridgehead atoms. The minimum absolute atomic E-state index is 0.000463. The summed E-state index contributed by atoms with van der Waals surface area (Å²) >= 11 is 0. The molecule has 0 aromatic heterocycles. The first kappa shape index (κ1) is 9.71. The summed E-state index contributed by atoms with van der Waals surface area (Å²) in [6.07, 6.45) is 0. The molecule has 0 amide bonds. The Hall–Kier alpha value is -1.38. The van der Waals surface area contributed by atoms with Crippen molar-refractivity contribution in [2.24, 2.45) is 0 Å². The van der Waals surface area contributed by atoms with Gasteiger partial charge in [-0.3, -0.25) is 4.79 Å². The van der Waals surface area contributed by atoms with Crippen molar-refractivity contribution in [3.8, 4) is 5.75 Å². The Kier molecular flexibility index (Phi) is 2.66. The minimum atomic E-state index is -0.936. The molecule has 1 rings (SSSR count). The number of hydrogen-bond acceptors (Lipinski definition) is 2. The van der Waals surface area contributed by atoms with E-state index in [0.717, 1.165) is 6.07 Å². The molecule has 13 heavy (non-hydrogen) atoms. The molecule has 0 atom stereocenters. The van der Waals surface area contributed by atoms with Crippen LogP contribution in [0.25, 0.3) is 0 Å². The van der Waals surface area contributed by atoms with Crippen LogP contribution in [0.15, 0.2) is 23.0 Å². The van der Waals surface area contributed by atoms with Gasteiger partial charge in [0.05, 0.1) is 0 Å². The van der Waals surface area contributed by atoms with Crippen LogP contribution in [-0.2, 0) is 0 Å². The fourth-order valence-electron chi connectivity index (χ4n) is 1.10. The summed E-state index contributed by atoms with van der Waals surface area (Å²) in [6.45, 7) is 3.65. The molecule has 0 saturated heterocycles. The highest BCUT2D eigenvalue weighted by Crippen LogP contribution is 2.20. The van der Waals surface area contributed by atoms with E-state index < -0.39 is 17.0 Å². The highest BCUT2D eigenvalue weighted by Gasteiger charge is 2.09. The predicted octanol–water partition coefficient (Wildman–Crippen LogP) is 2.01. The van der Waals surface area contributed by atoms with Gasteiger partial charge in [-0.2, -0.15) is 0 Å². The summed E-state index contributed by atoms with van der Waals surface area (Å²) < 4.78 is 12.8. The largest absolute Gasteiger partial charge is 0.504 e. The van der Waals surface area contributed by atoms with E-state index in [9.17, 15) is 14.3 Å². The van der Waals surface area contributed by atoms with Gasteiger partial charge < -0.3 is 5.11 Å². The smallest absolute Gasteiger partial charge is 0.255 e. The SMILES string of the molecule is CC(C)c1cccc(F)c(=O)c1O. The quantitative estimate of drug-likeness (QED) is 0.721. The van der Waals surface area contributed by atoms with Gasteiger partial charge in [0.1, 0.15) is 0 Å². The van der Waals surface area contributed by atoms with Crippen LogP contribution < -0.4 is 5.43 Å². The molecular formula is C10H11FO2. The molecule has 2 nitrogen and oxygen atoms in total. The topological polar surface area (TPSA) is 37.3 Å². The lowest BCUT2D eigenvalue weighted by Gasteiger charge is -2.02. The summed E-state index contributed by atoms with van der Waals surface area (Å²) in [7, 11) is 0. The van der Waals surface area contributed by atoms with Gasteiger partial charge in [-0.05, 0) is 12.0 Å². The van der Waals surface area contributed by atoms with Crippen molar-refractivity contribution >= 4 is 0 Å². The van der Waals surface area contributed by atoms with Gasteiger partial charge in [0, 0.05) is 5.56 Å². The first-order valence-electron chi connectivity index (χ1n) is 4.05. The highest BCUT2D eigenvalue weighted by atomic mass is 19.1. The Bertz CT molecular complexity index is 372. The Morgan fingerprint density at radius 1 is 1.38 bits per heavy atom. The minimum Gasteiger partial charge on any atom is -0.504 e. The van der Waals surface area contributed by atoms with Crippen LogP contribution in [0.3, 0.4) is 0 Å². The summed E-state index contributed by atoms with van der Waals surface area (Å²) in [6, 6.07) is 4.02. The van der Waals surface area contributed by atoms with Crippen LogP contribution in [-0.4, -0.2) is 5.11 Å². The van der Waals surface area contributed by atoms with Gasteiger partial charge in [0.2, 0.25) is 0 Å². The Balaban J connectivity index is 3.53. The third kappa shape index (κ3) is 1.86. The van der Waals surface area contributed by atoms with E-state index in [4.69, 9.17) is 0 Å². The van der Waals surface area contributed by atoms with Gasteiger partial charge in [-0.1, -0.05) is 26.0 Å². The maximum atomic E-state index is 12.8. The number of hydrogen-bond donors (Lipinski definition) is 1. The molecule has 1 aromatic carbocycles. The Morgan fingerprint density at radius 3 is 2.54 bits per heavy atom. The zero-order chi connectivity index (χ0) is 10.0. The van der Waals surface area contributed by atoms with Crippen LogP contribution in [0.1, 0.15) is 25.3 Å². The first-order valence-corrected chi connectivity index (χ1v) is 4.05. The van der Waals surface area contributed by atoms with Crippen molar-refractivity contribution in [3.63, 3.8) is 0 Å². The summed E-state index contributed by atoms with van der Waals surface area (Å²) in [4.78, 5) is 11.1. The number of halogens is 1. The van der Waals surface area contributed by atoms with Crippen LogP contribution in [0, 0.1) is 5.82 Å². The van der Waals surface area contributed by atoms with Crippen molar-refractivity contribution in [2.75, 3.05) is 0 Å².